The molecule has 0 radical (unpaired) electrons. The number of hydrogen-bond acceptors (Lipinski definition) is 3. The van der Waals surface area contributed by atoms with E-state index in [1.54, 1.807) is 0 Å². The molecule has 5 heteroatoms. The number of carbonyl (C=O) groups excluding carboxylic acids is 1. The Kier molecular flexibility index (Phi) is 6.50. The summed E-state index contributed by atoms with van der Waals surface area (Å²) in [5, 5.41) is 3.00. The minimum absolute atomic E-state index is 0.0181. The average Bonchev–Trinajstić information content (AvgIpc) is 2.67. The standard InChI is InChI=1S/C21H27N3O2/c1-18-6-5-9-20(16-18)26-15-14-23-10-12-24(13-11-23)21(25)22-17-19-7-3-2-4-8-19/h2-9,16H,10-15,17H2,1H3,(H,22,25). The van der Waals surface area contributed by atoms with Crippen molar-refractivity contribution in [2.45, 2.75) is 13.5 Å². The molecule has 5 nitrogen and oxygen atoms in total. The number of amides is 2. The monoisotopic (exact) mass is 353 g/mol. The van der Waals surface area contributed by atoms with Crippen molar-refractivity contribution < 1.29 is 9.53 Å². The van der Waals surface area contributed by atoms with Crippen LogP contribution in [-0.2, 0) is 6.54 Å². The summed E-state index contributed by atoms with van der Waals surface area (Å²) in [6, 6.07) is 18.1. The molecular formula is C21H27N3O2. The summed E-state index contributed by atoms with van der Waals surface area (Å²) in [5.74, 6) is 0.920. The van der Waals surface area contributed by atoms with Gasteiger partial charge in [-0.05, 0) is 30.2 Å². The van der Waals surface area contributed by atoms with Gasteiger partial charge in [-0.2, -0.15) is 0 Å². The maximum Gasteiger partial charge on any atom is 0.317 e. The van der Waals surface area contributed by atoms with Gasteiger partial charge >= 0.3 is 6.03 Å². The number of carbonyl (C=O) groups is 1. The van der Waals surface area contributed by atoms with Gasteiger partial charge in [-0.15, -0.1) is 0 Å². The van der Waals surface area contributed by atoms with E-state index in [-0.39, 0.29) is 6.03 Å². The van der Waals surface area contributed by atoms with Crippen LogP contribution in [0.1, 0.15) is 11.1 Å². The highest BCUT2D eigenvalue weighted by atomic mass is 16.5. The maximum atomic E-state index is 12.3. The highest BCUT2D eigenvalue weighted by Gasteiger charge is 2.20. The Bertz CT molecular complexity index is 697. The van der Waals surface area contributed by atoms with E-state index < -0.39 is 0 Å². The fraction of sp³-hybridized carbons (Fsp3) is 0.381. The third-order valence-corrected chi connectivity index (χ3v) is 4.61. The van der Waals surface area contributed by atoms with Gasteiger partial charge in [0.15, 0.2) is 0 Å². The van der Waals surface area contributed by atoms with Crippen molar-refractivity contribution in [3.63, 3.8) is 0 Å². The number of urea groups is 1. The highest BCUT2D eigenvalue weighted by molar-refractivity contribution is 5.74. The second kappa shape index (κ2) is 9.25. The SMILES string of the molecule is Cc1cccc(OCCN2CCN(C(=O)NCc3ccccc3)CC2)c1. The lowest BCUT2D eigenvalue weighted by Crippen LogP contribution is -2.52. The van der Waals surface area contributed by atoms with E-state index >= 15 is 0 Å². The number of benzene rings is 2. The van der Waals surface area contributed by atoms with Crippen LogP contribution in [0, 0.1) is 6.92 Å². The summed E-state index contributed by atoms with van der Waals surface area (Å²) in [7, 11) is 0. The van der Waals surface area contributed by atoms with Crippen LogP contribution in [0.25, 0.3) is 0 Å². The summed E-state index contributed by atoms with van der Waals surface area (Å²) >= 11 is 0. The Morgan fingerprint density at radius 2 is 1.81 bits per heavy atom. The molecule has 2 aromatic rings. The van der Waals surface area contributed by atoms with Gasteiger partial charge in [0.2, 0.25) is 0 Å². The number of aryl methyl sites for hydroxylation is 1. The van der Waals surface area contributed by atoms with E-state index in [2.05, 4.69) is 29.3 Å². The smallest absolute Gasteiger partial charge is 0.317 e. The number of piperazine rings is 1. The Hall–Kier alpha value is -2.53. The van der Waals surface area contributed by atoms with Gasteiger partial charge in [0.05, 0.1) is 0 Å². The number of nitrogens with zero attached hydrogens (tertiary/aromatic N) is 2. The molecule has 1 heterocycles. The summed E-state index contributed by atoms with van der Waals surface area (Å²) in [6.45, 7) is 7.47. The van der Waals surface area contributed by atoms with Crippen LogP contribution in [0.15, 0.2) is 54.6 Å². The lowest BCUT2D eigenvalue weighted by molar-refractivity contribution is 0.126. The molecule has 1 N–H and O–H groups in total. The molecule has 26 heavy (non-hydrogen) atoms. The van der Waals surface area contributed by atoms with Crippen molar-refractivity contribution in [2.24, 2.45) is 0 Å². The van der Waals surface area contributed by atoms with Gasteiger partial charge in [-0.25, -0.2) is 4.79 Å². The number of rotatable bonds is 6. The quantitative estimate of drug-likeness (QED) is 0.868. The topological polar surface area (TPSA) is 44.8 Å². The second-order valence-electron chi connectivity index (χ2n) is 6.64. The molecule has 0 aromatic heterocycles. The molecule has 1 saturated heterocycles. The first-order valence-electron chi connectivity index (χ1n) is 9.19. The normalized spacial score (nSPS) is 14.9. The predicted molar refractivity (Wildman–Crippen MR) is 103 cm³/mol. The van der Waals surface area contributed by atoms with Gasteiger partial charge in [-0.1, -0.05) is 42.5 Å². The van der Waals surface area contributed by atoms with E-state index in [1.807, 2.05) is 47.4 Å². The summed E-state index contributed by atoms with van der Waals surface area (Å²) in [4.78, 5) is 16.5. The summed E-state index contributed by atoms with van der Waals surface area (Å²) in [6.07, 6.45) is 0. The molecule has 2 amide bonds. The first-order chi connectivity index (χ1) is 12.7. The van der Waals surface area contributed by atoms with Crippen molar-refractivity contribution in [2.75, 3.05) is 39.3 Å². The van der Waals surface area contributed by atoms with Gasteiger partial charge in [0, 0.05) is 39.3 Å². The van der Waals surface area contributed by atoms with Crippen molar-refractivity contribution in [3.05, 3.63) is 65.7 Å². The van der Waals surface area contributed by atoms with Crippen molar-refractivity contribution in [1.82, 2.24) is 15.1 Å². The first-order valence-corrected chi connectivity index (χ1v) is 9.19. The van der Waals surface area contributed by atoms with Crippen LogP contribution in [0.4, 0.5) is 4.79 Å². The molecule has 0 spiro atoms. The van der Waals surface area contributed by atoms with Crippen LogP contribution in [0.2, 0.25) is 0 Å². The van der Waals surface area contributed by atoms with Crippen molar-refractivity contribution in [1.29, 1.82) is 0 Å². The minimum Gasteiger partial charge on any atom is -0.492 e. The van der Waals surface area contributed by atoms with Crippen LogP contribution in [-0.4, -0.2) is 55.2 Å². The van der Waals surface area contributed by atoms with Crippen LogP contribution in [0.5, 0.6) is 5.75 Å². The molecule has 1 aliphatic heterocycles. The molecule has 0 bridgehead atoms. The van der Waals surface area contributed by atoms with Crippen molar-refractivity contribution in [3.8, 4) is 5.75 Å². The van der Waals surface area contributed by atoms with Crippen LogP contribution >= 0.6 is 0 Å². The Morgan fingerprint density at radius 1 is 1.04 bits per heavy atom. The second-order valence-corrected chi connectivity index (χ2v) is 6.64. The largest absolute Gasteiger partial charge is 0.492 e. The van der Waals surface area contributed by atoms with Gasteiger partial charge < -0.3 is 15.0 Å². The number of ether oxygens (including phenoxy) is 1. The van der Waals surface area contributed by atoms with Crippen LogP contribution < -0.4 is 10.1 Å². The Morgan fingerprint density at radius 3 is 2.54 bits per heavy atom. The average molecular weight is 353 g/mol. The van der Waals surface area contributed by atoms with Gasteiger partial charge in [0.25, 0.3) is 0 Å². The van der Waals surface area contributed by atoms with E-state index in [0.29, 0.717) is 13.2 Å². The maximum absolute atomic E-state index is 12.3. The zero-order chi connectivity index (χ0) is 18.2. The van der Waals surface area contributed by atoms with E-state index in [0.717, 1.165) is 44.0 Å². The molecule has 1 fully saturated rings. The van der Waals surface area contributed by atoms with E-state index in [4.69, 9.17) is 4.74 Å². The molecule has 0 atom stereocenters. The predicted octanol–water partition coefficient (Wildman–Crippen LogP) is 2.90. The number of hydrogen-bond donors (Lipinski definition) is 1. The van der Waals surface area contributed by atoms with E-state index in [9.17, 15) is 4.79 Å². The van der Waals surface area contributed by atoms with E-state index in [1.165, 1.54) is 5.56 Å². The molecule has 3 rings (SSSR count). The van der Waals surface area contributed by atoms with Gasteiger partial charge in [0.1, 0.15) is 12.4 Å². The fourth-order valence-electron chi connectivity index (χ4n) is 3.06. The number of nitrogens with one attached hydrogen (secondary N) is 1. The van der Waals surface area contributed by atoms with Crippen molar-refractivity contribution >= 4 is 6.03 Å². The molecule has 0 saturated carbocycles. The third-order valence-electron chi connectivity index (χ3n) is 4.61. The lowest BCUT2D eigenvalue weighted by atomic mass is 10.2. The first kappa shape index (κ1) is 18.3. The third kappa shape index (κ3) is 5.49. The van der Waals surface area contributed by atoms with Crippen LogP contribution in [0.3, 0.4) is 0 Å². The molecule has 1 aliphatic rings. The summed E-state index contributed by atoms with van der Waals surface area (Å²) in [5.41, 5.74) is 2.32. The lowest BCUT2D eigenvalue weighted by Gasteiger charge is -2.34. The zero-order valence-corrected chi connectivity index (χ0v) is 15.4. The molecule has 138 valence electrons. The fourth-order valence-corrected chi connectivity index (χ4v) is 3.06. The molecule has 2 aromatic carbocycles. The zero-order valence-electron chi connectivity index (χ0n) is 15.4. The Balaban J connectivity index is 1.34. The molecule has 0 aliphatic carbocycles. The molecule has 0 unspecified atom stereocenters. The van der Waals surface area contributed by atoms with Gasteiger partial charge in [-0.3, -0.25) is 4.90 Å². The summed E-state index contributed by atoms with van der Waals surface area (Å²) < 4.78 is 5.82. The molecular weight excluding hydrogens is 326 g/mol. The minimum atomic E-state index is 0.0181. The Labute approximate surface area is 155 Å². The highest BCUT2D eigenvalue weighted by Crippen LogP contribution is 2.12.